The first-order valence-corrected chi connectivity index (χ1v) is 10.4. The minimum Gasteiger partial charge on any atom is -0.350 e. The number of rotatable bonds is 7. The van der Waals surface area contributed by atoms with E-state index in [1.54, 1.807) is 22.1 Å². The summed E-state index contributed by atoms with van der Waals surface area (Å²) < 4.78 is 4.05. The highest BCUT2D eigenvalue weighted by atomic mass is 32.1. The van der Waals surface area contributed by atoms with Crippen LogP contribution in [0.3, 0.4) is 0 Å². The lowest BCUT2D eigenvalue weighted by atomic mass is 10.1. The average Bonchev–Trinajstić information content (AvgIpc) is 3.48. The van der Waals surface area contributed by atoms with Crippen LogP contribution in [0.25, 0.3) is 10.7 Å². The maximum atomic E-state index is 12.8. The smallest absolute Gasteiger partial charge is 0.243 e. The standard InChI is InChI=1S/C20H20N6OS2/c1-14(26-18(23-24-20(26)28)17-7-3-10-29-17)19(27)21-12-15-5-2-6-16(11-15)13-25-9-4-8-22-25/h2-11,14H,12-13H2,1H3,(H,21,27)(H,24,28). The Morgan fingerprint density at radius 1 is 1.28 bits per heavy atom. The summed E-state index contributed by atoms with van der Waals surface area (Å²) in [7, 11) is 0. The fourth-order valence-corrected chi connectivity index (χ4v) is 4.12. The Balaban J connectivity index is 1.44. The van der Waals surface area contributed by atoms with Crippen LogP contribution in [0.1, 0.15) is 24.1 Å². The van der Waals surface area contributed by atoms with E-state index in [4.69, 9.17) is 12.2 Å². The molecule has 3 heterocycles. The summed E-state index contributed by atoms with van der Waals surface area (Å²) in [6, 6.07) is 13.4. The predicted molar refractivity (Wildman–Crippen MR) is 115 cm³/mol. The van der Waals surface area contributed by atoms with Gasteiger partial charge in [-0.15, -0.1) is 11.3 Å². The normalized spacial score (nSPS) is 12.0. The molecule has 0 aliphatic heterocycles. The molecule has 4 aromatic rings. The molecule has 0 saturated carbocycles. The van der Waals surface area contributed by atoms with Crippen molar-refractivity contribution in [1.29, 1.82) is 0 Å². The van der Waals surface area contributed by atoms with Crippen LogP contribution in [-0.4, -0.2) is 30.5 Å². The first-order valence-electron chi connectivity index (χ1n) is 9.15. The summed E-state index contributed by atoms with van der Waals surface area (Å²) in [5.74, 6) is 0.562. The first-order chi connectivity index (χ1) is 14.1. The van der Waals surface area contributed by atoms with Gasteiger partial charge in [0.15, 0.2) is 10.6 Å². The maximum Gasteiger partial charge on any atom is 0.243 e. The zero-order chi connectivity index (χ0) is 20.2. The van der Waals surface area contributed by atoms with E-state index in [-0.39, 0.29) is 5.91 Å². The molecule has 0 aliphatic carbocycles. The summed E-state index contributed by atoms with van der Waals surface area (Å²) in [6.45, 7) is 2.96. The molecule has 0 bridgehead atoms. The van der Waals surface area contributed by atoms with Gasteiger partial charge >= 0.3 is 0 Å². The first kappa shape index (κ1) is 19.3. The highest BCUT2D eigenvalue weighted by molar-refractivity contribution is 7.71. The topological polar surface area (TPSA) is 80.5 Å². The molecule has 1 unspecified atom stereocenters. The number of thiophene rings is 1. The predicted octanol–water partition coefficient (Wildman–Crippen LogP) is 3.79. The second kappa shape index (κ2) is 8.54. The zero-order valence-corrected chi connectivity index (χ0v) is 17.4. The molecule has 0 spiro atoms. The molecule has 0 radical (unpaired) electrons. The fourth-order valence-electron chi connectivity index (χ4n) is 3.12. The van der Waals surface area contributed by atoms with Crippen molar-refractivity contribution in [2.45, 2.75) is 26.1 Å². The summed E-state index contributed by atoms with van der Waals surface area (Å²) in [5.41, 5.74) is 2.16. The van der Waals surface area contributed by atoms with Crippen molar-refractivity contribution >= 4 is 29.5 Å². The van der Waals surface area contributed by atoms with Crippen LogP contribution in [0.4, 0.5) is 0 Å². The van der Waals surface area contributed by atoms with E-state index in [0.717, 1.165) is 16.0 Å². The Hall–Kier alpha value is -3.04. The molecular formula is C20H20N6OS2. The second-order valence-corrected chi connectivity index (χ2v) is 7.95. The van der Waals surface area contributed by atoms with E-state index in [9.17, 15) is 4.79 Å². The number of nitrogens with one attached hydrogen (secondary N) is 2. The molecule has 2 N–H and O–H groups in total. The van der Waals surface area contributed by atoms with Gasteiger partial charge in [-0.25, -0.2) is 0 Å². The van der Waals surface area contributed by atoms with Crippen molar-refractivity contribution in [2.75, 3.05) is 0 Å². The minimum absolute atomic E-state index is 0.113. The molecule has 7 nitrogen and oxygen atoms in total. The number of carbonyl (C=O) groups excluding carboxylic acids is 1. The monoisotopic (exact) mass is 424 g/mol. The van der Waals surface area contributed by atoms with E-state index in [2.05, 4.69) is 26.7 Å². The van der Waals surface area contributed by atoms with E-state index in [0.29, 0.717) is 23.7 Å². The number of carbonyl (C=O) groups is 1. The third-order valence-corrected chi connectivity index (χ3v) is 5.73. The number of amides is 1. The Labute approximate surface area is 177 Å². The number of benzene rings is 1. The second-order valence-electron chi connectivity index (χ2n) is 6.62. The van der Waals surface area contributed by atoms with Crippen LogP contribution in [0.5, 0.6) is 0 Å². The number of hydrogen-bond donors (Lipinski definition) is 2. The number of hydrogen-bond acceptors (Lipinski definition) is 5. The van der Waals surface area contributed by atoms with Gasteiger partial charge in [0.05, 0.1) is 11.4 Å². The molecule has 148 valence electrons. The molecule has 1 aromatic carbocycles. The van der Waals surface area contributed by atoms with E-state index >= 15 is 0 Å². The van der Waals surface area contributed by atoms with Gasteiger partial charge in [0, 0.05) is 18.9 Å². The van der Waals surface area contributed by atoms with Crippen LogP contribution < -0.4 is 5.32 Å². The molecular weight excluding hydrogens is 404 g/mol. The highest BCUT2D eigenvalue weighted by Gasteiger charge is 2.21. The molecule has 1 atom stereocenters. The SMILES string of the molecule is CC(C(=O)NCc1cccc(Cn2cccn2)c1)n1c(-c2cccs2)n[nH]c1=S. The summed E-state index contributed by atoms with van der Waals surface area (Å²) in [4.78, 5) is 13.8. The van der Waals surface area contributed by atoms with E-state index in [1.807, 2.05) is 59.6 Å². The highest BCUT2D eigenvalue weighted by Crippen LogP contribution is 2.25. The Kier molecular flexibility index (Phi) is 5.68. The van der Waals surface area contributed by atoms with Crippen LogP contribution >= 0.6 is 23.6 Å². The molecule has 0 saturated heterocycles. The van der Waals surface area contributed by atoms with Crippen molar-refractivity contribution in [2.24, 2.45) is 0 Å². The number of nitrogens with zero attached hydrogens (tertiary/aromatic N) is 4. The minimum atomic E-state index is -0.481. The molecule has 3 aromatic heterocycles. The number of H-pyrrole nitrogens is 1. The van der Waals surface area contributed by atoms with E-state index in [1.165, 1.54) is 0 Å². The number of aromatic amines is 1. The van der Waals surface area contributed by atoms with Crippen molar-refractivity contribution < 1.29 is 4.79 Å². The largest absolute Gasteiger partial charge is 0.350 e. The molecule has 0 aliphatic rings. The molecule has 9 heteroatoms. The van der Waals surface area contributed by atoms with Crippen LogP contribution in [0.2, 0.25) is 0 Å². The van der Waals surface area contributed by atoms with Crippen molar-refractivity contribution in [3.63, 3.8) is 0 Å². The van der Waals surface area contributed by atoms with Gasteiger partial charge < -0.3 is 5.32 Å². The van der Waals surface area contributed by atoms with Gasteiger partial charge in [-0.2, -0.15) is 10.2 Å². The maximum absolute atomic E-state index is 12.8. The van der Waals surface area contributed by atoms with Gasteiger partial charge in [0.1, 0.15) is 6.04 Å². The van der Waals surface area contributed by atoms with Crippen molar-refractivity contribution in [3.8, 4) is 10.7 Å². The average molecular weight is 425 g/mol. The van der Waals surface area contributed by atoms with Gasteiger partial charge in [-0.05, 0) is 47.8 Å². The Morgan fingerprint density at radius 3 is 2.90 bits per heavy atom. The Bertz CT molecular complexity index is 1140. The lowest BCUT2D eigenvalue weighted by molar-refractivity contribution is -0.124. The summed E-state index contributed by atoms with van der Waals surface area (Å²) in [5, 5.41) is 16.3. The van der Waals surface area contributed by atoms with E-state index < -0.39 is 6.04 Å². The third kappa shape index (κ3) is 4.36. The van der Waals surface area contributed by atoms with Crippen LogP contribution in [-0.2, 0) is 17.9 Å². The lowest BCUT2D eigenvalue weighted by Gasteiger charge is -2.15. The summed E-state index contributed by atoms with van der Waals surface area (Å²) in [6.07, 6.45) is 3.69. The van der Waals surface area contributed by atoms with Gasteiger partial charge in [-0.1, -0.05) is 30.3 Å². The van der Waals surface area contributed by atoms with Gasteiger partial charge in [0.25, 0.3) is 0 Å². The molecule has 0 fully saturated rings. The van der Waals surface area contributed by atoms with Crippen LogP contribution in [0.15, 0.2) is 60.2 Å². The molecule has 4 rings (SSSR count). The quantitative estimate of drug-likeness (QED) is 0.442. The van der Waals surface area contributed by atoms with Crippen molar-refractivity contribution in [1.82, 2.24) is 29.9 Å². The van der Waals surface area contributed by atoms with Crippen molar-refractivity contribution in [3.05, 3.63) is 76.1 Å². The fraction of sp³-hybridized carbons (Fsp3) is 0.200. The summed E-state index contributed by atoms with van der Waals surface area (Å²) >= 11 is 6.91. The Morgan fingerprint density at radius 2 is 2.14 bits per heavy atom. The zero-order valence-electron chi connectivity index (χ0n) is 15.8. The third-order valence-electron chi connectivity index (χ3n) is 4.57. The van der Waals surface area contributed by atoms with Gasteiger partial charge in [0.2, 0.25) is 5.91 Å². The number of aromatic nitrogens is 5. The van der Waals surface area contributed by atoms with Gasteiger partial charge in [-0.3, -0.25) is 19.1 Å². The lowest BCUT2D eigenvalue weighted by Crippen LogP contribution is -2.31. The molecule has 1 amide bonds. The van der Waals surface area contributed by atoms with Crippen LogP contribution in [0, 0.1) is 4.77 Å². The molecule has 29 heavy (non-hydrogen) atoms.